The average Bonchev–Trinajstić information content (AvgIpc) is 3.02. The predicted octanol–water partition coefficient (Wildman–Crippen LogP) is 3.63. The second kappa shape index (κ2) is 5.27. The molecule has 23 heavy (non-hydrogen) atoms. The largest absolute Gasteiger partial charge is 0.497 e. The van der Waals surface area contributed by atoms with Crippen LogP contribution in [0.25, 0.3) is 0 Å². The summed E-state index contributed by atoms with van der Waals surface area (Å²) in [5.41, 5.74) is 4.34. The van der Waals surface area contributed by atoms with Gasteiger partial charge >= 0.3 is 0 Å². The first-order valence-corrected chi connectivity index (χ1v) is 8.33. The molecule has 4 rings (SSSR count). The zero-order chi connectivity index (χ0) is 16.0. The first-order chi connectivity index (χ1) is 11.1. The van der Waals surface area contributed by atoms with E-state index in [0.29, 0.717) is 6.17 Å². The van der Waals surface area contributed by atoms with Gasteiger partial charge in [-0.05, 0) is 35.7 Å². The quantitative estimate of drug-likeness (QED) is 0.861. The van der Waals surface area contributed by atoms with E-state index in [1.807, 2.05) is 0 Å². The van der Waals surface area contributed by atoms with Crippen molar-refractivity contribution in [2.45, 2.75) is 31.5 Å². The summed E-state index contributed by atoms with van der Waals surface area (Å²) in [7, 11) is 3.97. The van der Waals surface area contributed by atoms with Gasteiger partial charge in [0.15, 0.2) is 0 Å². The van der Waals surface area contributed by atoms with Gasteiger partial charge in [0.2, 0.25) is 0 Å². The van der Waals surface area contributed by atoms with Crippen LogP contribution in [0, 0.1) is 0 Å². The van der Waals surface area contributed by atoms with E-state index >= 15 is 0 Å². The van der Waals surface area contributed by atoms with E-state index in [-0.39, 0.29) is 5.41 Å². The summed E-state index contributed by atoms with van der Waals surface area (Å²) in [6, 6.07) is 17.3. The van der Waals surface area contributed by atoms with E-state index in [1.165, 1.54) is 23.2 Å². The van der Waals surface area contributed by atoms with E-state index in [0.717, 1.165) is 18.8 Å². The Labute approximate surface area is 138 Å². The fourth-order valence-corrected chi connectivity index (χ4v) is 4.50. The number of fused-ring (bicyclic) bond motifs is 3. The van der Waals surface area contributed by atoms with Crippen LogP contribution in [0.3, 0.4) is 0 Å². The molecule has 2 aromatic carbocycles. The maximum absolute atomic E-state index is 5.46. The average molecular weight is 308 g/mol. The van der Waals surface area contributed by atoms with E-state index in [4.69, 9.17) is 4.74 Å². The van der Waals surface area contributed by atoms with Gasteiger partial charge in [-0.15, -0.1) is 0 Å². The highest BCUT2D eigenvalue weighted by molar-refractivity contribution is 5.66. The lowest BCUT2D eigenvalue weighted by Crippen LogP contribution is -2.46. The lowest BCUT2D eigenvalue weighted by molar-refractivity contribution is 0.215. The molecule has 0 radical (unpaired) electrons. The van der Waals surface area contributed by atoms with Crippen molar-refractivity contribution < 1.29 is 4.74 Å². The number of benzene rings is 2. The van der Waals surface area contributed by atoms with Gasteiger partial charge in [0.1, 0.15) is 5.75 Å². The van der Waals surface area contributed by atoms with Crippen molar-refractivity contribution in [3.05, 3.63) is 59.7 Å². The monoisotopic (exact) mass is 308 g/mol. The third-order valence-electron chi connectivity index (χ3n) is 5.63. The van der Waals surface area contributed by atoms with Crippen molar-refractivity contribution in [3.8, 4) is 5.75 Å². The molecule has 2 aliphatic rings. The lowest BCUT2D eigenvalue weighted by Gasteiger charge is -2.34. The molecule has 0 saturated carbocycles. The van der Waals surface area contributed by atoms with Gasteiger partial charge in [0, 0.05) is 31.2 Å². The molecule has 1 saturated heterocycles. The van der Waals surface area contributed by atoms with Crippen LogP contribution in [-0.2, 0) is 12.0 Å². The number of methoxy groups -OCH3 is 1. The zero-order valence-electron chi connectivity index (χ0n) is 14.1. The Kier molecular flexibility index (Phi) is 3.34. The van der Waals surface area contributed by atoms with Crippen molar-refractivity contribution in [1.29, 1.82) is 0 Å². The van der Waals surface area contributed by atoms with Crippen molar-refractivity contribution in [3.63, 3.8) is 0 Å². The lowest BCUT2D eigenvalue weighted by atomic mass is 9.81. The molecule has 0 spiro atoms. The zero-order valence-corrected chi connectivity index (χ0v) is 14.1. The number of likely N-dealkylation sites (tertiary alicyclic amines) is 1. The molecule has 0 bridgehead atoms. The summed E-state index contributed by atoms with van der Waals surface area (Å²) in [6.07, 6.45) is 1.61. The molecule has 3 nitrogen and oxygen atoms in total. The standard InChI is InChI=1S/C20H24N2O/c1-20-11-12-22(14-15-7-5-4-6-8-15)19(20)21(2)18-10-9-16(23-3)13-17(18)20/h4-10,13,19H,11-12,14H2,1-3H3. The third kappa shape index (κ3) is 2.14. The molecule has 2 aliphatic heterocycles. The van der Waals surface area contributed by atoms with Gasteiger partial charge in [-0.1, -0.05) is 37.3 Å². The summed E-state index contributed by atoms with van der Waals surface area (Å²) < 4.78 is 5.46. The van der Waals surface area contributed by atoms with Crippen molar-refractivity contribution in [1.82, 2.24) is 4.90 Å². The molecule has 0 aromatic heterocycles. The van der Waals surface area contributed by atoms with Gasteiger partial charge in [-0.2, -0.15) is 0 Å². The Morgan fingerprint density at radius 3 is 2.70 bits per heavy atom. The fourth-order valence-electron chi connectivity index (χ4n) is 4.50. The maximum Gasteiger partial charge on any atom is 0.119 e. The van der Waals surface area contributed by atoms with E-state index in [1.54, 1.807) is 7.11 Å². The third-order valence-corrected chi connectivity index (χ3v) is 5.63. The second-order valence-electron chi connectivity index (χ2n) is 6.99. The molecule has 2 unspecified atom stereocenters. The topological polar surface area (TPSA) is 15.7 Å². The Hall–Kier alpha value is -2.00. The van der Waals surface area contributed by atoms with Crippen molar-refractivity contribution in [2.24, 2.45) is 0 Å². The Morgan fingerprint density at radius 1 is 1.17 bits per heavy atom. The molecule has 1 fully saturated rings. The summed E-state index contributed by atoms with van der Waals surface area (Å²) in [5, 5.41) is 0. The van der Waals surface area contributed by atoms with Crippen LogP contribution in [-0.4, -0.2) is 31.8 Å². The molecular formula is C20H24N2O. The highest BCUT2D eigenvalue weighted by Gasteiger charge is 2.53. The van der Waals surface area contributed by atoms with Crippen molar-refractivity contribution in [2.75, 3.05) is 25.6 Å². The highest BCUT2D eigenvalue weighted by atomic mass is 16.5. The molecule has 2 aromatic rings. The van der Waals surface area contributed by atoms with Gasteiger partial charge in [-0.25, -0.2) is 0 Å². The number of anilines is 1. The Morgan fingerprint density at radius 2 is 1.96 bits per heavy atom. The molecule has 0 N–H and O–H groups in total. The smallest absolute Gasteiger partial charge is 0.119 e. The minimum absolute atomic E-state index is 0.174. The second-order valence-corrected chi connectivity index (χ2v) is 6.99. The summed E-state index contributed by atoms with van der Waals surface area (Å²) >= 11 is 0. The number of hydrogen-bond donors (Lipinski definition) is 0. The molecule has 3 heteroatoms. The van der Waals surface area contributed by atoms with Gasteiger partial charge in [0.05, 0.1) is 13.3 Å². The van der Waals surface area contributed by atoms with Crippen LogP contribution in [0.1, 0.15) is 24.5 Å². The van der Waals surface area contributed by atoms with E-state index in [9.17, 15) is 0 Å². The Balaban J connectivity index is 1.68. The number of likely N-dealkylation sites (N-methyl/N-ethyl adjacent to an activating group) is 1. The molecule has 120 valence electrons. The number of nitrogens with zero attached hydrogens (tertiary/aromatic N) is 2. The first kappa shape index (κ1) is 14.6. The van der Waals surface area contributed by atoms with Crippen LogP contribution in [0.5, 0.6) is 5.75 Å². The predicted molar refractivity (Wildman–Crippen MR) is 94.0 cm³/mol. The van der Waals surface area contributed by atoms with Gasteiger partial charge in [-0.3, -0.25) is 4.90 Å². The number of rotatable bonds is 3. The Bertz CT molecular complexity index is 715. The minimum atomic E-state index is 0.174. The molecule has 2 atom stereocenters. The highest BCUT2D eigenvalue weighted by Crippen LogP contribution is 2.52. The SMILES string of the molecule is COc1ccc2c(c1)C1(C)CCN(Cc3ccccc3)C1N2C. The minimum Gasteiger partial charge on any atom is -0.497 e. The fraction of sp³-hybridized carbons (Fsp3) is 0.400. The van der Waals surface area contributed by atoms with E-state index in [2.05, 4.69) is 72.3 Å². The van der Waals surface area contributed by atoms with Crippen LogP contribution in [0.15, 0.2) is 48.5 Å². The molecule has 0 aliphatic carbocycles. The van der Waals surface area contributed by atoms with Crippen LogP contribution < -0.4 is 9.64 Å². The summed E-state index contributed by atoms with van der Waals surface area (Å²) in [6.45, 7) is 4.55. The molecular weight excluding hydrogens is 284 g/mol. The van der Waals surface area contributed by atoms with Gasteiger partial charge < -0.3 is 9.64 Å². The number of hydrogen-bond acceptors (Lipinski definition) is 3. The molecule has 0 amide bonds. The maximum atomic E-state index is 5.46. The summed E-state index contributed by atoms with van der Waals surface area (Å²) in [4.78, 5) is 5.06. The normalized spacial score (nSPS) is 26.2. The van der Waals surface area contributed by atoms with Crippen molar-refractivity contribution >= 4 is 5.69 Å². The van der Waals surface area contributed by atoms with Crippen LogP contribution in [0.2, 0.25) is 0 Å². The van der Waals surface area contributed by atoms with Gasteiger partial charge in [0.25, 0.3) is 0 Å². The summed E-state index contributed by atoms with van der Waals surface area (Å²) in [5.74, 6) is 0.959. The van der Waals surface area contributed by atoms with Crippen LogP contribution in [0.4, 0.5) is 5.69 Å². The number of ether oxygens (including phenoxy) is 1. The first-order valence-electron chi connectivity index (χ1n) is 8.33. The van der Waals surface area contributed by atoms with Crippen LogP contribution >= 0.6 is 0 Å². The molecule has 2 heterocycles. The van der Waals surface area contributed by atoms with E-state index < -0.39 is 0 Å².